The highest BCUT2D eigenvalue weighted by atomic mass is 35.5. The first-order chi connectivity index (χ1) is 8.91. The monoisotopic (exact) mass is 286 g/mol. The molecule has 0 heterocycles. The molecule has 106 valence electrons. The number of nitrogens with zero attached hydrogens (tertiary/aromatic N) is 1. The van der Waals surface area contributed by atoms with Gasteiger partial charge in [0.25, 0.3) is 5.69 Å². The minimum atomic E-state index is -0.492. The Morgan fingerprint density at radius 1 is 1.47 bits per heavy atom. The average Bonchev–Trinajstić information content (AvgIpc) is 2.35. The van der Waals surface area contributed by atoms with Gasteiger partial charge in [-0.15, -0.1) is 0 Å². The lowest BCUT2D eigenvalue weighted by atomic mass is 10.0. The maximum atomic E-state index is 10.7. The third kappa shape index (κ3) is 5.14. The molecule has 0 aromatic heterocycles. The van der Waals surface area contributed by atoms with E-state index in [1.807, 2.05) is 13.8 Å². The molecule has 1 atom stereocenters. The van der Waals surface area contributed by atoms with Crippen molar-refractivity contribution in [1.29, 1.82) is 0 Å². The number of benzene rings is 1. The third-order valence-corrected chi connectivity index (χ3v) is 3.24. The second kappa shape index (κ2) is 7.43. The van der Waals surface area contributed by atoms with Crippen molar-refractivity contribution in [1.82, 2.24) is 5.32 Å². The Labute approximate surface area is 117 Å². The highest BCUT2D eigenvalue weighted by Crippen LogP contribution is 2.24. The van der Waals surface area contributed by atoms with Crippen LogP contribution in [-0.2, 0) is 6.54 Å². The molecular formula is C13H19ClN2O3. The van der Waals surface area contributed by atoms with Gasteiger partial charge in [-0.1, -0.05) is 31.5 Å². The van der Waals surface area contributed by atoms with E-state index in [9.17, 15) is 15.2 Å². The predicted molar refractivity (Wildman–Crippen MR) is 75.3 cm³/mol. The Morgan fingerprint density at radius 2 is 2.16 bits per heavy atom. The van der Waals surface area contributed by atoms with Crippen molar-refractivity contribution in [2.75, 3.05) is 6.54 Å². The van der Waals surface area contributed by atoms with E-state index in [1.165, 1.54) is 12.1 Å². The second-order valence-electron chi connectivity index (χ2n) is 4.82. The fraction of sp³-hybridized carbons (Fsp3) is 0.538. The summed E-state index contributed by atoms with van der Waals surface area (Å²) in [5.74, 6) is 0.235. The molecule has 1 aromatic rings. The van der Waals surface area contributed by atoms with Crippen molar-refractivity contribution in [3.63, 3.8) is 0 Å². The molecule has 0 bridgehead atoms. The fourth-order valence-corrected chi connectivity index (χ4v) is 1.81. The van der Waals surface area contributed by atoms with Gasteiger partial charge in [-0.3, -0.25) is 10.1 Å². The number of rotatable bonds is 7. The van der Waals surface area contributed by atoms with E-state index in [2.05, 4.69) is 5.32 Å². The van der Waals surface area contributed by atoms with Crippen LogP contribution in [0.1, 0.15) is 25.8 Å². The lowest BCUT2D eigenvalue weighted by molar-refractivity contribution is -0.384. The van der Waals surface area contributed by atoms with Gasteiger partial charge in [-0.05, 0) is 30.5 Å². The topological polar surface area (TPSA) is 75.4 Å². The highest BCUT2D eigenvalue weighted by molar-refractivity contribution is 6.32. The molecule has 0 radical (unpaired) electrons. The minimum absolute atomic E-state index is 0.0804. The summed E-state index contributed by atoms with van der Waals surface area (Å²) < 4.78 is 0. The first-order valence-electron chi connectivity index (χ1n) is 6.23. The average molecular weight is 287 g/mol. The van der Waals surface area contributed by atoms with Gasteiger partial charge in [-0.2, -0.15) is 0 Å². The predicted octanol–water partition coefficient (Wildman–Crippen LogP) is 2.74. The number of halogens is 1. The Kier molecular flexibility index (Phi) is 6.21. The number of nitro groups is 1. The van der Waals surface area contributed by atoms with E-state index in [0.29, 0.717) is 19.5 Å². The number of hydrogen-bond acceptors (Lipinski definition) is 4. The van der Waals surface area contributed by atoms with Crippen LogP contribution in [-0.4, -0.2) is 22.7 Å². The zero-order chi connectivity index (χ0) is 14.4. The Balaban J connectivity index is 2.46. The van der Waals surface area contributed by atoms with E-state index in [1.54, 1.807) is 6.07 Å². The molecule has 5 nitrogen and oxygen atoms in total. The van der Waals surface area contributed by atoms with Gasteiger partial charge in [-0.25, -0.2) is 0 Å². The largest absolute Gasteiger partial charge is 0.393 e. The summed E-state index contributed by atoms with van der Waals surface area (Å²) in [6.07, 6.45) is 0.333. The van der Waals surface area contributed by atoms with Crippen LogP contribution in [0.3, 0.4) is 0 Å². The van der Waals surface area contributed by atoms with Crippen molar-refractivity contribution >= 4 is 17.3 Å². The van der Waals surface area contributed by atoms with Crippen molar-refractivity contribution < 1.29 is 10.0 Å². The molecule has 0 amide bonds. The zero-order valence-electron chi connectivity index (χ0n) is 11.1. The molecule has 0 fully saturated rings. The molecule has 1 unspecified atom stereocenters. The molecule has 0 spiro atoms. The fourth-order valence-electron chi connectivity index (χ4n) is 1.62. The molecule has 1 rings (SSSR count). The number of hydrogen-bond donors (Lipinski definition) is 2. The third-order valence-electron chi connectivity index (χ3n) is 2.92. The number of nitro benzene ring substituents is 1. The molecule has 2 N–H and O–H groups in total. The molecule has 0 aliphatic rings. The SMILES string of the molecule is CC(C)C(O)CCNCc1ccc(Cl)c([N+](=O)[O-])c1. The number of aliphatic hydroxyl groups excluding tert-OH is 1. The van der Waals surface area contributed by atoms with Crippen LogP contribution in [0.5, 0.6) is 0 Å². The van der Waals surface area contributed by atoms with Gasteiger partial charge in [0, 0.05) is 12.6 Å². The first-order valence-corrected chi connectivity index (χ1v) is 6.61. The molecule has 19 heavy (non-hydrogen) atoms. The van der Waals surface area contributed by atoms with Crippen molar-refractivity contribution in [2.24, 2.45) is 5.92 Å². The van der Waals surface area contributed by atoms with E-state index in [-0.39, 0.29) is 22.7 Å². The van der Waals surface area contributed by atoms with Gasteiger partial charge in [0.05, 0.1) is 11.0 Å². The van der Waals surface area contributed by atoms with Crippen LogP contribution in [0.15, 0.2) is 18.2 Å². The number of aliphatic hydroxyl groups is 1. The van der Waals surface area contributed by atoms with Gasteiger partial charge >= 0.3 is 0 Å². The summed E-state index contributed by atoms with van der Waals surface area (Å²) in [5, 5.41) is 23.7. The smallest absolute Gasteiger partial charge is 0.288 e. The van der Waals surface area contributed by atoms with Gasteiger partial charge in [0.1, 0.15) is 5.02 Å². The molecular weight excluding hydrogens is 268 g/mol. The summed E-state index contributed by atoms with van der Waals surface area (Å²) in [6.45, 7) is 5.11. The standard InChI is InChI=1S/C13H19ClN2O3/c1-9(2)13(17)5-6-15-8-10-3-4-11(14)12(7-10)16(18)19/h3-4,7,9,13,15,17H,5-6,8H2,1-2H3. The van der Waals surface area contributed by atoms with E-state index in [0.717, 1.165) is 5.56 Å². The molecule has 0 aliphatic carbocycles. The molecule has 0 aliphatic heterocycles. The normalized spacial score (nSPS) is 12.7. The van der Waals surface area contributed by atoms with Crippen molar-refractivity contribution in [3.8, 4) is 0 Å². The summed E-state index contributed by atoms with van der Waals surface area (Å²) in [4.78, 5) is 10.2. The Morgan fingerprint density at radius 3 is 2.74 bits per heavy atom. The molecule has 0 saturated carbocycles. The van der Waals surface area contributed by atoms with Crippen LogP contribution >= 0.6 is 11.6 Å². The van der Waals surface area contributed by atoms with Crippen LogP contribution in [0, 0.1) is 16.0 Å². The Hall–Kier alpha value is -1.17. The lowest BCUT2D eigenvalue weighted by Crippen LogP contribution is -2.23. The van der Waals surface area contributed by atoms with E-state index >= 15 is 0 Å². The molecule has 0 saturated heterocycles. The summed E-state index contributed by atoms with van der Waals surface area (Å²) in [7, 11) is 0. The van der Waals surface area contributed by atoms with E-state index in [4.69, 9.17) is 11.6 Å². The molecule has 1 aromatic carbocycles. The zero-order valence-corrected chi connectivity index (χ0v) is 11.9. The van der Waals surface area contributed by atoms with Gasteiger partial charge in [0.15, 0.2) is 0 Å². The van der Waals surface area contributed by atoms with Gasteiger partial charge in [0.2, 0.25) is 0 Å². The first kappa shape index (κ1) is 15.9. The maximum absolute atomic E-state index is 10.7. The summed E-state index contributed by atoms with van der Waals surface area (Å²) in [5.41, 5.74) is 0.721. The van der Waals surface area contributed by atoms with Crippen LogP contribution in [0.2, 0.25) is 5.02 Å². The van der Waals surface area contributed by atoms with Crippen LogP contribution < -0.4 is 5.32 Å². The van der Waals surface area contributed by atoms with E-state index < -0.39 is 4.92 Å². The molecule has 6 heteroatoms. The van der Waals surface area contributed by atoms with Crippen LogP contribution in [0.25, 0.3) is 0 Å². The van der Waals surface area contributed by atoms with Crippen LogP contribution in [0.4, 0.5) is 5.69 Å². The van der Waals surface area contributed by atoms with Crippen molar-refractivity contribution in [3.05, 3.63) is 38.9 Å². The summed E-state index contributed by atoms with van der Waals surface area (Å²) in [6, 6.07) is 4.75. The summed E-state index contributed by atoms with van der Waals surface area (Å²) >= 11 is 5.73. The number of nitrogens with one attached hydrogen (secondary N) is 1. The van der Waals surface area contributed by atoms with Gasteiger partial charge < -0.3 is 10.4 Å². The second-order valence-corrected chi connectivity index (χ2v) is 5.23. The Bertz CT molecular complexity index is 438. The highest BCUT2D eigenvalue weighted by Gasteiger charge is 2.12. The lowest BCUT2D eigenvalue weighted by Gasteiger charge is -2.14. The minimum Gasteiger partial charge on any atom is -0.393 e. The van der Waals surface area contributed by atoms with Crippen molar-refractivity contribution in [2.45, 2.75) is 32.9 Å². The quantitative estimate of drug-likeness (QED) is 0.459. The maximum Gasteiger partial charge on any atom is 0.288 e.